The van der Waals surface area contributed by atoms with Crippen LogP contribution in [0.15, 0.2) is 65.8 Å². The van der Waals surface area contributed by atoms with E-state index in [0.29, 0.717) is 19.0 Å². The number of ether oxygens (including phenoxy) is 1. The molecule has 0 saturated carbocycles. The van der Waals surface area contributed by atoms with Crippen molar-refractivity contribution in [2.24, 2.45) is 0 Å². The lowest BCUT2D eigenvalue weighted by Crippen LogP contribution is -2.35. The third kappa shape index (κ3) is 4.30. The highest BCUT2D eigenvalue weighted by Crippen LogP contribution is 2.32. The smallest absolute Gasteiger partial charge is 0.341 e. The Labute approximate surface area is 198 Å². The number of carbonyl (C=O) groups is 1. The summed E-state index contributed by atoms with van der Waals surface area (Å²) >= 11 is 0. The van der Waals surface area contributed by atoms with Crippen LogP contribution in [0.1, 0.15) is 23.2 Å². The van der Waals surface area contributed by atoms with Gasteiger partial charge in [-0.2, -0.15) is 0 Å². The first kappa shape index (κ1) is 22.5. The summed E-state index contributed by atoms with van der Waals surface area (Å²) in [6, 6.07) is 10.3. The van der Waals surface area contributed by atoms with Crippen molar-refractivity contribution in [3.05, 3.63) is 88.5 Å². The van der Waals surface area contributed by atoms with Crippen LogP contribution in [0.4, 0.5) is 14.5 Å². The van der Waals surface area contributed by atoms with E-state index in [1.807, 2.05) is 11.0 Å². The van der Waals surface area contributed by atoms with E-state index in [2.05, 4.69) is 9.97 Å². The fourth-order valence-corrected chi connectivity index (χ4v) is 4.35. The summed E-state index contributed by atoms with van der Waals surface area (Å²) in [4.78, 5) is 34.5. The summed E-state index contributed by atoms with van der Waals surface area (Å²) in [6.45, 7) is 0.865. The van der Waals surface area contributed by atoms with Gasteiger partial charge in [-0.05, 0) is 43.2 Å². The summed E-state index contributed by atoms with van der Waals surface area (Å²) in [6.07, 6.45) is 5.32. The molecule has 10 heteroatoms. The molecule has 0 aliphatic carbocycles. The topological polar surface area (TPSA) is 97.6 Å². The van der Waals surface area contributed by atoms with E-state index in [0.717, 1.165) is 31.3 Å². The van der Waals surface area contributed by atoms with Gasteiger partial charge in [-0.1, -0.05) is 6.07 Å². The average molecular weight is 478 g/mol. The first-order chi connectivity index (χ1) is 16.9. The Kier molecular flexibility index (Phi) is 5.86. The zero-order valence-corrected chi connectivity index (χ0v) is 18.4. The van der Waals surface area contributed by atoms with E-state index in [9.17, 15) is 19.1 Å². The number of fused-ring (bicyclic) bond motifs is 1. The third-order valence-corrected chi connectivity index (χ3v) is 6.01. The lowest BCUT2D eigenvalue weighted by atomic mass is 10.1. The van der Waals surface area contributed by atoms with Gasteiger partial charge >= 0.3 is 5.97 Å². The van der Waals surface area contributed by atoms with Gasteiger partial charge in [0.2, 0.25) is 11.3 Å². The van der Waals surface area contributed by atoms with E-state index < -0.39 is 28.6 Å². The first-order valence-corrected chi connectivity index (χ1v) is 11.0. The van der Waals surface area contributed by atoms with Crippen molar-refractivity contribution in [1.29, 1.82) is 0 Å². The Balaban J connectivity index is 1.60. The van der Waals surface area contributed by atoms with E-state index in [1.165, 1.54) is 22.8 Å². The molecule has 3 aromatic heterocycles. The van der Waals surface area contributed by atoms with Crippen LogP contribution in [0.2, 0.25) is 0 Å². The minimum absolute atomic E-state index is 0.113. The molecule has 4 aromatic rings. The summed E-state index contributed by atoms with van der Waals surface area (Å²) in [5.41, 5.74) is -0.846. The number of halogens is 2. The van der Waals surface area contributed by atoms with Crippen molar-refractivity contribution in [2.75, 3.05) is 18.1 Å². The summed E-state index contributed by atoms with van der Waals surface area (Å²) in [5, 5.41) is 9.40. The molecule has 5 rings (SSSR count). The Bertz CT molecular complexity index is 1460. The van der Waals surface area contributed by atoms with Crippen LogP contribution in [0.25, 0.3) is 16.7 Å². The number of carboxylic acid groups (broad SMARTS) is 1. The largest absolute Gasteiger partial charge is 0.477 e. The highest BCUT2D eigenvalue weighted by Gasteiger charge is 2.29. The van der Waals surface area contributed by atoms with Gasteiger partial charge in [0, 0.05) is 25.0 Å². The molecule has 35 heavy (non-hydrogen) atoms. The van der Waals surface area contributed by atoms with Crippen molar-refractivity contribution in [1.82, 2.24) is 14.5 Å². The maximum absolute atomic E-state index is 15.4. The van der Waals surface area contributed by atoms with Gasteiger partial charge < -0.3 is 19.3 Å². The lowest BCUT2D eigenvalue weighted by Gasteiger charge is -2.27. The molecule has 0 spiro atoms. The second kappa shape index (κ2) is 9.13. The highest BCUT2D eigenvalue weighted by atomic mass is 19.1. The molecule has 1 saturated heterocycles. The van der Waals surface area contributed by atoms with Crippen LogP contribution in [-0.2, 0) is 0 Å². The van der Waals surface area contributed by atoms with Crippen LogP contribution < -0.4 is 15.1 Å². The number of pyridine rings is 3. The van der Waals surface area contributed by atoms with Crippen LogP contribution in [-0.4, -0.2) is 44.8 Å². The maximum atomic E-state index is 15.4. The van der Waals surface area contributed by atoms with Crippen molar-refractivity contribution in [2.45, 2.75) is 18.9 Å². The molecule has 1 aromatic carbocycles. The number of aromatic carboxylic acids is 1. The molecule has 0 radical (unpaired) electrons. The predicted molar refractivity (Wildman–Crippen MR) is 124 cm³/mol. The lowest BCUT2D eigenvalue weighted by molar-refractivity contribution is 0.0695. The van der Waals surface area contributed by atoms with Gasteiger partial charge in [0.25, 0.3) is 0 Å². The van der Waals surface area contributed by atoms with Gasteiger partial charge in [-0.25, -0.2) is 23.5 Å². The summed E-state index contributed by atoms with van der Waals surface area (Å²) in [7, 11) is 0. The zero-order chi connectivity index (χ0) is 24.5. The van der Waals surface area contributed by atoms with Crippen molar-refractivity contribution in [3.63, 3.8) is 0 Å². The molecular formula is C25H20F2N4O4. The SMILES string of the molecule is O=C(O)c1cn(-c2ccc(F)cn2)c2cc(N3CCC[C@@H]3COc3ccccn3)c(F)cc2c1=O. The van der Waals surface area contributed by atoms with Gasteiger partial charge in [0.1, 0.15) is 29.6 Å². The minimum Gasteiger partial charge on any atom is -0.477 e. The number of hydrogen-bond acceptors (Lipinski definition) is 6. The molecule has 8 nitrogen and oxygen atoms in total. The molecule has 0 unspecified atom stereocenters. The molecule has 4 heterocycles. The standard InChI is InChI=1S/C25H20F2N4O4/c26-15-6-7-22(29-12-15)31-13-18(25(33)34)24(32)17-10-19(27)21(11-20(17)31)30-9-3-4-16(30)14-35-23-5-1-2-8-28-23/h1-2,5-8,10-13,16H,3-4,9,14H2,(H,33,34)/t16-/m1/s1. The number of hydrogen-bond donors (Lipinski definition) is 1. The Morgan fingerprint density at radius 1 is 1.17 bits per heavy atom. The number of anilines is 1. The molecule has 0 amide bonds. The van der Waals surface area contributed by atoms with E-state index >= 15 is 4.39 Å². The van der Waals surface area contributed by atoms with Gasteiger partial charge in [-0.15, -0.1) is 0 Å². The third-order valence-electron chi connectivity index (χ3n) is 6.01. The Hall–Kier alpha value is -4.34. The maximum Gasteiger partial charge on any atom is 0.341 e. The number of aromatic nitrogens is 3. The second-order valence-corrected chi connectivity index (χ2v) is 8.17. The van der Waals surface area contributed by atoms with Crippen molar-refractivity contribution < 1.29 is 23.4 Å². The molecule has 1 N–H and O–H groups in total. The normalized spacial score (nSPS) is 15.5. The minimum atomic E-state index is -1.46. The molecule has 0 bridgehead atoms. The van der Waals surface area contributed by atoms with Gasteiger partial charge in [0.05, 0.1) is 28.8 Å². The van der Waals surface area contributed by atoms with Crippen LogP contribution >= 0.6 is 0 Å². The van der Waals surface area contributed by atoms with Gasteiger partial charge in [-0.3, -0.25) is 4.79 Å². The van der Waals surface area contributed by atoms with E-state index in [-0.39, 0.29) is 28.5 Å². The van der Waals surface area contributed by atoms with E-state index in [1.54, 1.807) is 18.3 Å². The molecule has 1 aliphatic rings. The van der Waals surface area contributed by atoms with Crippen LogP contribution in [0.3, 0.4) is 0 Å². The number of benzene rings is 1. The first-order valence-electron chi connectivity index (χ1n) is 11.0. The molecule has 1 fully saturated rings. The summed E-state index contributed by atoms with van der Waals surface area (Å²) < 4.78 is 36.0. The number of carboxylic acids is 1. The van der Waals surface area contributed by atoms with Crippen LogP contribution in [0, 0.1) is 11.6 Å². The quantitative estimate of drug-likeness (QED) is 0.450. The molecule has 1 atom stereocenters. The average Bonchev–Trinajstić information content (AvgIpc) is 3.32. The molecular weight excluding hydrogens is 458 g/mol. The summed E-state index contributed by atoms with van der Waals surface area (Å²) in [5.74, 6) is -2.02. The van der Waals surface area contributed by atoms with E-state index in [4.69, 9.17) is 4.74 Å². The number of rotatable bonds is 6. The zero-order valence-electron chi connectivity index (χ0n) is 18.4. The van der Waals surface area contributed by atoms with Crippen molar-refractivity contribution >= 4 is 22.6 Å². The number of nitrogens with zero attached hydrogens (tertiary/aromatic N) is 4. The molecule has 178 valence electrons. The van der Waals surface area contributed by atoms with Crippen molar-refractivity contribution in [3.8, 4) is 11.7 Å². The monoisotopic (exact) mass is 478 g/mol. The fraction of sp³-hybridized carbons (Fsp3) is 0.200. The fourth-order valence-electron chi connectivity index (χ4n) is 4.35. The predicted octanol–water partition coefficient (Wildman–Crippen LogP) is 3.80. The molecule has 1 aliphatic heterocycles. The van der Waals surface area contributed by atoms with Gasteiger partial charge in [0.15, 0.2) is 0 Å². The highest BCUT2D eigenvalue weighted by molar-refractivity contribution is 5.94. The Morgan fingerprint density at radius 2 is 2.03 bits per heavy atom. The van der Waals surface area contributed by atoms with Crippen LogP contribution in [0.5, 0.6) is 5.88 Å². The Morgan fingerprint density at radius 3 is 2.74 bits per heavy atom. The second-order valence-electron chi connectivity index (χ2n) is 8.17.